The molecule has 0 aliphatic heterocycles. The van der Waals surface area contributed by atoms with Crippen LogP contribution < -0.4 is 10.6 Å². The molecule has 2 N–H and O–H groups in total. The fraction of sp³-hybridized carbons (Fsp3) is 0.278. The predicted octanol–water partition coefficient (Wildman–Crippen LogP) is 3.50. The number of benzene rings is 2. The second-order valence-corrected chi connectivity index (χ2v) is 5.39. The van der Waals surface area contributed by atoms with Crippen LogP contribution in [0.5, 0.6) is 0 Å². The average Bonchev–Trinajstić information content (AvgIpc) is 2.55. The lowest BCUT2D eigenvalue weighted by molar-refractivity contribution is 0.217. The number of amides is 2. The van der Waals surface area contributed by atoms with Gasteiger partial charge in [0.25, 0.3) is 0 Å². The highest BCUT2D eigenvalue weighted by Crippen LogP contribution is 2.22. The molecule has 4 heteroatoms. The van der Waals surface area contributed by atoms with Crippen LogP contribution in [0, 0.1) is 0 Å². The van der Waals surface area contributed by atoms with Crippen molar-refractivity contribution in [2.75, 3.05) is 26.0 Å². The van der Waals surface area contributed by atoms with Gasteiger partial charge in [0.1, 0.15) is 0 Å². The highest BCUT2D eigenvalue weighted by atomic mass is 16.2. The maximum Gasteiger partial charge on any atom is 0.316 e. The zero-order chi connectivity index (χ0) is 15.8. The molecule has 0 aliphatic carbocycles. The van der Waals surface area contributed by atoms with E-state index in [2.05, 4.69) is 22.8 Å². The van der Waals surface area contributed by atoms with Gasteiger partial charge in [-0.05, 0) is 24.1 Å². The molecule has 0 spiro atoms. The van der Waals surface area contributed by atoms with Gasteiger partial charge in [-0.3, -0.25) is 0 Å². The third-order valence-electron chi connectivity index (χ3n) is 3.43. The molecular weight excluding hydrogens is 274 g/mol. The van der Waals surface area contributed by atoms with Crippen LogP contribution in [0.3, 0.4) is 0 Å². The molecule has 22 heavy (non-hydrogen) atoms. The summed E-state index contributed by atoms with van der Waals surface area (Å²) in [5.41, 5.74) is 2.29. The van der Waals surface area contributed by atoms with E-state index in [4.69, 9.17) is 0 Å². The van der Waals surface area contributed by atoms with E-state index in [-0.39, 0.29) is 12.1 Å². The summed E-state index contributed by atoms with van der Waals surface area (Å²) in [6.07, 6.45) is 0.818. The molecule has 0 bridgehead atoms. The summed E-state index contributed by atoms with van der Waals surface area (Å²) in [6, 6.07) is 20.5. The van der Waals surface area contributed by atoms with E-state index in [9.17, 15) is 4.79 Å². The van der Waals surface area contributed by atoms with E-state index in [0.717, 1.165) is 12.1 Å². The van der Waals surface area contributed by atoms with Gasteiger partial charge in [-0.25, -0.2) is 4.79 Å². The van der Waals surface area contributed by atoms with Crippen molar-refractivity contribution in [3.05, 3.63) is 66.2 Å². The van der Waals surface area contributed by atoms with Crippen molar-refractivity contribution in [3.63, 3.8) is 0 Å². The van der Waals surface area contributed by atoms with Gasteiger partial charge in [-0.1, -0.05) is 48.5 Å². The summed E-state index contributed by atoms with van der Waals surface area (Å²) in [5.74, 6) is 0. The Balaban J connectivity index is 2.01. The predicted molar refractivity (Wildman–Crippen MR) is 91.0 cm³/mol. The van der Waals surface area contributed by atoms with Crippen LogP contribution in [0.1, 0.15) is 18.0 Å². The second-order valence-electron chi connectivity index (χ2n) is 5.39. The first-order chi connectivity index (χ1) is 10.7. The van der Waals surface area contributed by atoms with Crippen LogP contribution in [-0.4, -0.2) is 31.6 Å². The molecule has 0 radical (unpaired) electrons. The van der Waals surface area contributed by atoms with Crippen molar-refractivity contribution in [3.8, 4) is 0 Å². The van der Waals surface area contributed by atoms with Crippen LogP contribution >= 0.6 is 0 Å². The largest absolute Gasteiger partial charge is 0.378 e. The summed E-state index contributed by atoms with van der Waals surface area (Å²) in [7, 11) is 3.48. The van der Waals surface area contributed by atoms with Crippen LogP contribution in [0.15, 0.2) is 60.7 Å². The van der Waals surface area contributed by atoms with Gasteiger partial charge in [-0.15, -0.1) is 0 Å². The molecule has 2 amide bonds. The summed E-state index contributed by atoms with van der Waals surface area (Å²) >= 11 is 0. The van der Waals surface area contributed by atoms with E-state index in [1.165, 1.54) is 5.56 Å². The Labute approximate surface area is 132 Å². The normalized spacial score (nSPS) is 11.5. The number of hydrogen-bond donors (Lipinski definition) is 2. The lowest BCUT2D eigenvalue weighted by Gasteiger charge is -2.21. The molecule has 4 nitrogen and oxygen atoms in total. The first kappa shape index (κ1) is 15.9. The SMILES string of the molecule is CN(C)C(=O)NCCC(Nc1ccccc1)c1ccccc1. The van der Waals surface area contributed by atoms with Crippen molar-refractivity contribution in [1.29, 1.82) is 0 Å². The standard InChI is InChI=1S/C18H23N3O/c1-21(2)18(22)19-14-13-17(15-9-5-3-6-10-15)20-16-11-7-4-8-12-16/h3-12,17,20H,13-14H2,1-2H3,(H,19,22). The summed E-state index contributed by atoms with van der Waals surface area (Å²) in [5, 5.41) is 6.45. The van der Waals surface area contributed by atoms with Gasteiger partial charge < -0.3 is 15.5 Å². The molecule has 0 saturated carbocycles. The number of nitrogens with zero attached hydrogens (tertiary/aromatic N) is 1. The molecule has 1 unspecified atom stereocenters. The smallest absolute Gasteiger partial charge is 0.316 e. The first-order valence-electron chi connectivity index (χ1n) is 7.48. The summed E-state index contributed by atoms with van der Waals surface area (Å²) < 4.78 is 0. The van der Waals surface area contributed by atoms with Gasteiger partial charge in [0.2, 0.25) is 0 Å². The van der Waals surface area contributed by atoms with Crippen LogP contribution in [0.4, 0.5) is 10.5 Å². The molecule has 116 valence electrons. The Kier molecular flexibility index (Phi) is 5.83. The minimum Gasteiger partial charge on any atom is -0.378 e. The number of rotatable bonds is 6. The Morgan fingerprint density at radius 3 is 2.18 bits per heavy atom. The number of anilines is 1. The lowest BCUT2D eigenvalue weighted by Crippen LogP contribution is -2.35. The van der Waals surface area contributed by atoms with Crippen molar-refractivity contribution in [1.82, 2.24) is 10.2 Å². The second kappa shape index (κ2) is 8.08. The van der Waals surface area contributed by atoms with Crippen LogP contribution in [-0.2, 0) is 0 Å². The first-order valence-corrected chi connectivity index (χ1v) is 7.48. The van der Waals surface area contributed by atoms with Crippen molar-refractivity contribution in [2.24, 2.45) is 0 Å². The van der Waals surface area contributed by atoms with Crippen LogP contribution in [0.25, 0.3) is 0 Å². The third kappa shape index (κ3) is 4.81. The summed E-state index contributed by atoms with van der Waals surface area (Å²) in [4.78, 5) is 13.2. The van der Waals surface area contributed by atoms with Gasteiger partial charge in [0, 0.05) is 26.3 Å². The number of carbonyl (C=O) groups is 1. The lowest BCUT2D eigenvalue weighted by atomic mass is 10.0. The van der Waals surface area contributed by atoms with Gasteiger partial charge >= 0.3 is 6.03 Å². The fourth-order valence-electron chi connectivity index (χ4n) is 2.22. The number of nitrogens with one attached hydrogen (secondary N) is 2. The topological polar surface area (TPSA) is 44.4 Å². The van der Waals surface area contributed by atoms with Gasteiger partial charge in [-0.2, -0.15) is 0 Å². The number of urea groups is 1. The molecule has 0 aliphatic rings. The Morgan fingerprint density at radius 1 is 1.00 bits per heavy atom. The van der Waals surface area contributed by atoms with Crippen molar-refractivity contribution < 1.29 is 4.79 Å². The maximum atomic E-state index is 11.6. The molecular formula is C18H23N3O. The van der Waals surface area contributed by atoms with E-state index in [1.807, 2.05) is 48.5 Å². The minimum absolute atomic E-state index is 0.0634. The molecule has 2 aromatic carbocycles. The maximum absolute atomic E-state index is 11.6. The Bertz CT molecular complexity index is 569. The molecule has 2 aromatic rings. The Hall–Kier alpha value is -2.49. The van der Waals surface area contributed by atoms with E-state index >= 15 is 0 Å². The zero-order valence-corrected chi connectivity index (χ0v) is 13.1. The Morgan fingerprint density at radius 2 is 1.59 bits per heavy atom. The highest BCUT2D eigenvalue weighted by Gasteiger charge is 2.12. The fourth-order valence-corrected chi connectivity index (χ4v) is 2.22. The highest BCUT2D eigenvalue weighted by molar-refractivity contribution is 5.73. The zero-order valence-electron chi connectivity index (χ0n) is 13.1. The van der Waals surface area contributed by atoms with E-state index < -0.39 is 0 Å². The molecule has 0 heterocycles. The van der Waals surface area contributed by atoms with E-state index in [0.29, 0.717) is 6.54 Å². The molecule has 0 aromatic heterocycles. The minimum atomic E-state index is -0.0634. The van der Waals surface area contributed by atoms with E-state index in [1.54, 1.807) is 19.0 Å². The van der Waals surface area contributed by atoms with Gasteiger partial charge in [0.05, 0.1) is 6.04 Å². The number of hydrogen-bond acceptors (Lipinski definition) is 2. The average molecular weight is 297 g/mol. The number of carbonyl (C=O) groups excluding carboxylic acids is 1. The number of para-hydroxylation sites is 1. The quantitative estimate of drug-likeness (QED) is 0.857. The third-order valence-corrected chi connectivity index (χ3v) is 3.43. The molecule has 2 rings (SSSR count). The van der Waals surface area contributed by atoms with Gasteiger partial charge in [0.15, 0.2) is 0 Å². The molecule has 0 saturated heterocycles. The van der Waals surface area contributed by atoms with Crippen molar-refractivity contribution in [2.45, 2.75) is 12.5 Å². The summed E-state index contributed by atoms with van der Waals surface area (Å²) in [6.45, 7) is 0.621. The van der Waals surface area contributed by atoms with Crippen LogP contribution in [0.2, 0.25) is 0 Å². The molecule has 0 fully saturated rings. The molecule has 1 atom stereocenters. The van der Waals surface area contributed by atoms with Crippen molar-refractivity contribution >= 4 is 11.7 Å². The monoisotopic (exact) mass is 297 g/mol.